The third-order valence-corrected chi connectivity index (χ3v) is 5.26. The Bertz CT molecular complexity index is 1400. The van der Waals surface area contributed by atoms with Gasteiger partial charge in [-0.25, -0.2) is 9.37 Å². The first-order valence-electron chi connectivity index (χ1n) is 10.2. The zero-order valence-corrected chi connectivity index (χ0v) is 17.4. The number of benzene rings is 2. The molecule has 0 atom stereocenters. The SMILES string of the molecule is Cc1cccc(-c2[nH]c(Cc3cccc(F)c3)nc2-c2ccc3nc(C)ccc3c2)n1. The van der Waals surface area contributed by atoms with Crippen LogP contribution in [0.3, 0.4) is 0 Å². The van der Waals surface area contributed by atoms with Gasteiger partial charge in [0.1, 0.15) is 11.6 Å². The number of imidazole rings is 1. The minimum atomic E-state index is -0.248. The van der Waals surface area contributed by atoms with Gasteiger partial charge in [0.15, 0.2) is 0 Å². The zero-order chi connectivity index (χ0) is 21.4. The summed E-state index contributed by atoms with van der Waals surface area (Å²) >= 11 is 0. The van der Waals surface area contributed by atoms with Crippen LogP contribution in [0.1, 0.15) is 22.8 Å². The molecule has 0 saturated carbocycles. The van der Waals surface area contributed by atoms with Crippen LogP contribution >= 0.6 is 0 Å². The largest absolute Gasteiger partial charge is 0.340 e. The molecule has 5 aromatic rings. The van der Waals surface area contributed by atoms with E-state index in [1.54, 1.807) is 6.07 Å². The van der Waals surface area contributed by atoms with E-state index < -0.39 is 0 Å². The lowest BCUT2D eigenvalue weighted by molar-refractivity contribution is 0.626. The van der Waals surface area contributed by atoms with Crippen LogP contribution in [-0.4, -0.2) is 19.9 Å². The highest BCUT2D eigenvalue weighted by Crippen LogP contribution is 2.31. The number of aromatic nitrogens is 4. The molecule has 5 rings (SSSR count). The van der Waals surface area contributed by atoms with E-state index in [0.717, 1.165) is 56.3 Å². The van der Waals surface area contributed by atoms with Gasteiger partial charge < -0.3 is 4.98 Å². The van der Waals surface area contributed by atoms with E-state index in [4.69, 9.17) is 9.97 Å². The molecule has 4 nitrogen and oxygen atoms in total. The van der Waals surface area contributed by atoms with Crippen LogP contribution in [-0.2, 0) is 6.42 Å². The second-order valence-corrected chi connectivity index (χ2v) is 7.74. The van der Waals surface area contributed by atoms with Gasteiger partial charge in [-0.15, -0.1) is 0 Å². The van der Waals surface area contributed by atoms with Crippen LogP contribution in [0.15, 0.2) is 72.8 Å². The molecule has 0 aliphatic rings. The maximum atomic E-state index is 13.7. The van der Waals surface area contributed by atoms with Gasteiger partial charge in [-0.2, -0.15) is 0 Å². The van der Waals surface area contributed by atoms with E-state index >= 15 is 0 Å². The molecule has 0 fully saturated rings. The van der Waals surface area contributed by atoms with Gasteiger partial charge in [-0.1, -0.05) is 30.3 Å². The van der Waals surface area contributed by atoms with E-state index in [-0.39, 0.29) is 5.82 Å². The van der Waals surface area contributed by atoms with Gasteiger partial charge in [-0.05, 0) is 61.9 Å². The molecule has 0 amide bonds. The number of hydrogen-bond acceptors (Lipinski definition) is 3. The summed E-state index contributed by atoms with van der Waals surface area (Å²) in [6.45, 7) is 3.96. The summed E-state index contributed by atoms with van der Waals surface area (Å²) in [5.74, 6) is 0.517. The number of H-pyrrole nitrogens is 1. The molecule has 0 radical (unpaired) electrons. The Morgan fingerprint density at radius 3 is 2.48 bits per heavy atom. The first-order valence-corrected chi connectivity index (χ1v) is 10.2. The van der Waals surface area contributed by atoms with Crippen molar-refractivity contribution in [2.75, 3.05) is 0 Å². The van der Waals surface area contributed by atoms with Crippen molar-refractivity contribution in [1.29, 1.82) is 0 Å². The number of nitrogens with one attached hydrogen (secondary N) is 1. The summed E-state index contributed by atoms with van der Waals surface area (Å²) < 4.78 is 13.7. The Kier molecular flexibility index (Phi) is 4.79. The molecule has 0 aliphatic carbocycles. The Hall–Kier alpha value is -3.86. The Morgan fingerprint density at radius 1 is 0.806 bits per heavy atom. The van der Waals surface area contributed by atoms with Gasteiger partial charge in [-0.3, -0.25) is 9.97 Å². The fourth-order valence-corrected chi connectivity index (χ4v) is 3.80. The number of nitrogens with zero attached hydrogens (tertiary/aromatic N) is 3. The van der Waals surface area contributed by atoms with E-state index in [9.17, 15) is 4.39 Å². The Balaban J connectivity index is 1.64. The van der Waals surface area contributed by atoms with E-state index in [2.05, 4.69) is 22.1 Å². The Morgan fingerprint density at radius 2 is 1.65 bits per heavy atom. The highest BCUT2D eigenvalue weighted by molar-refractivity contribution is 5.87. The molecule has 0 bridgehead atoms. The quantitative estimate of drug-likeness (QED) is 0.395. The lowest BCUT2D eigenvalue weighted by atomic mass is 10.0. The smallest absolute Gasteiger partial charge is 0.123 e. The van der Waals surface area contributed by atoms with Crippen LogP contribution in [0.4, 0.5) is 4.39 Å². The number of aromatic amines is 1. The van der Waals surface area contributed by atoms with E-state index in [1.807, 2.05) is 56.3 Å². The van der Waals surface area contributed by atoms with Gasteiger partial charge in [0.25, 0.3) is 0 Å². The van der Waals surface area contributed by atoms with Crippen LogP contribution in [0, 0.1) is 19.7 Å². The fraction of sp³-hybridized carbons (Fsp3) is 0.115. The van der Waals surface area contributed by atoms with Crippen molar-refractivity contribution in [3.05, 3.63) is 101 Å². The summed E-state index contributed by atoms with van der Waals surface area (Å²) in [5, 5.41) is 1.06. The highest BCUT2D eigenvalue weighted by Gasteiger charge is 2.16. The molecule has 0 spiro atoms. The lowest BCUT2D eigenvalue weighted by Gasteiger charge is -2.05. The van der Waals surface area contributed by atoms with Crippen LogP contribution < -0.4 is 0 Å². The molecule has 0 aliphatic heterocycles. The predicted molar refractivity (Wildman–Crippen MR) is 121 cm³/mol. The van der Waals surface area contributed by atoms with Gasteiger partial charge in [0.2, 0.25) is 0 Å². The molecule has 0 unspecified atom stereocenters. The van der Waals surface area contributed by atoms with Crippen LogP contribution in [0.5, 0.6) is 0 Å². The summed E-state index contributed by atoms with van der Waals surface area (Å²) in [5.41, 5.74) is 7.23. The third kappa shape index (κ3) is 3.94. The molecule has 5 heteroatoms. The standard InChI is InChI=1S/C26H21FN4/c1-16-5-3-8-23(29-16)26-25(20-11-12-22-19(15-20)10-9-17(2)28-22)30-24(31-26)14-18-6-4-7-21(27)13-18/h3-13,15H,14H2,1-2H3,(H,30,31). The van der Waals surface area contributed by atoms with Crippen LogP contribution in [0.25, 0.3) is 33.5 Å². The molecule has 0 saturated heterocycles. The maximum absolute atomic E-state index is 13.7. The minimum absolute atomic E-state index is 0.248. The lowest BCUT2D eigenvalue weighted by Crippen LogP contribution is -1.92. The first kappa shape index (κ1) is 19.1. The molecule has 152 valence electrons. The summed E-state index contributed by atoms with van der Waals surface area (Å²) in [7, 11) is 0. The van der Waals surface area contributed by atoms with Gasteiger partial charge in [0.05, 0.1) is 22.6 Å². The summed E-state index contributed by atoms with van der Waals surface area (Å²) in [6.07, 6.45) is 0.505. The molecule has 3 heterocycles. The molecular formula is C26H21FN4. The third-order valence-electron chi connectivity index (χ3n) is 5.26. The average molecular weight is 408 g/mol. The molecule has 1 N–H and O–H groups in total. The van der Waals surface area contributed by atoms with Crippen molar-refractivity contribution in [2.45, 2.75) is 20.3 Å². The summed E-state index contributed by atoms with van der Waals surface area (Å²) in [4.78, 5) is 17.6. The van der Waals surface area contributed by atoms with E-state index in [1.165, 1.54) is 12.1 Å². The zero-order valence-electron chi connectivity index (χ0n) is 17.4. The summed E-state index contributed by atoms with van der Waals surface area (Å²) in [6, 6.07) is 22.8. The maximum Gasteiger partial charge on any atom is 0.123 e. The van der Waals surface area contributed by atoms with Crippen LogP contribution in [0.2, 0.25) is 0 Å². The Labute approximate surface area is 179 Å². The van der Waals surface area contributed by atoms with Gasteiger partial charge in [0, 0.05) is 28.8 Å². The number of rotatable bonds is 4. The second kappa shape index (κ2) is 7.76. The number of halogens is 1. The van der Waals surface area contributed by atoms with Crippen molar-refractivity contribution >= 4 is 10.9 Å². The van der Waals surface area contributed by atoms with Gasteiger partial charge >= 0.3 is 0 Å². The number of fused-ring (bicyclic) bond motifs is 1. The average Bonchev–Trinajstić information content (AvgIpc) is 3.17. The monoisotopic (exact) mass is 408 g/mol. The molecule has 31 heavy (non-hydrogen) atoms. The number of aryl methyl sites for hydroxylation is 2. The topological polar surface area (TPSA) is 54.5 Å². The van der Waals surface area contributed by atoms with Crippen molar-refractivity contribution < 1.29 is 4.39 Å². The van der Waals surface area contributed by atoms with E-state index in [0.29, 0.717) is 6.42 Å². The van der Waals surface area contributed by atoms with Crippen molar-refractivity contribution in [3.8, 4) is 22.6 Å². The first-order chi connectivity index (χ1) is 15.0. The molecule has 3 aromatic heterocycles. The van der Waals surface area contributed by atoms with Crippen molar-refractivity contribution in [1.82, 2.24) is 19.9 Å². The van der Waals surface area contributed by atoms with Crippen molar-refractivity contribution in [3.63, 3.8) is 0 Å². The molecular weight excluding hydrogens is 387 g/mol. The predicted octanol–water partition coefficient (Wildman–Crippen LogP) is 6.03. The number of pyridine rings is 2. The van der Waals surface area contributed by atoms with Crippen molar-refractivity contribution in [2.24, 2.45) is 0 Å². The fourth-order valence-electron chi connectivity index (χ4n) is 3.80. The minimum Gasteiger partial charge on any atom is -0.340 e. The molecule has 2 aromatic carbocycles. The normalized spacial score (nSPS) is 11.2. The number of hydrogen-bond donors (Lipinski definition) is 1. The highest BCUT2D eigenvalue weighted by atomic mass is 19.1. The second-order valence-electron chi connectivity index (χ2n) is 7.74.